The van der Waals surface area contributed by atoms with Gasteiger partial charge in [-0.3, -0.25) is 0 Å². The van der Waals surface area contributed by atoms with Gasteiger partial charge in [-0.1, -0.05) is 110 Å². The van der Waals surface area contributed by atoms with Gasteiger partial charge in [-0.25, -0.2) is 0 Å². The van der Waals surface area contributed by atoms with E-state index < -0.39 is 34.0 Å². The quantitative estimate of drug-likeness (QED) is 0.0685. The van der Waals surface area contributed by atoms with Gasteiger partial charge in [0.05, 0.1) is 0 Å². The van der Waals surface area contributed by atoms with Gasteiger partial charge in [-0.15, -0.1) is 0 Å². The second-order valence-corrected chi connectivity index (χ2v) is 28.5. The zero-order chi connectivity index (χ0) is 29.0. The predicted molar refractivity (Wildman–Crippen MR) is 175 cm³/mol. The largest absolute Gasteiger partial charge is 0.499 e. The SMILES string of the molecule is CCCCCCCCCCCCCCCCCC[Si](C)(C)O[Si](C)(C)O[Si](C)(C)CC[Si](OC)(OC)OC. The van der Waals surface area contributed by atoms with Gasteiger partial charge in [0.2, 0.25) is 0 Å². The molecule has 9 heteroatoms. The Balaban J connectivity index is 3.99. The molecule has 0 radical (unpaired) electrons. The Labute approximate surface area is 243 Å². The van der Waals surface area contributed by atoms with Crippen LogP contribution in [0.5, 0.6) is 0 Å². The Kier molecular flexibility index (Phi) is 21.8. The van der Waals surface area contributed by atoms with E-state index in [1.165, 1.54) is 109 Å². The van der Waals surface area contributed by atoms with Crippen LogP contribution in [0, 0.1) is 0 Å². The Morgan fingerprint density at radius 2 is 0.711 bits per heavy atom. The first-order valence-corrected chi connectivity index (χ1v) is 26.9. The van der Waals surface area contributed by atoms with Gasteiger partial charge in [0, 0.05) is 27.4 Å². The zero-order valence-corrected chi connectivity index (χ0v) is 31.5. The van der Waals surface area contributed by atoms with Crippen LogP contribution < -0.4 is 0 Å². The van der Waals surface area contributed by atoms with E-state index in [0.717, 1.165) is 12.1 Å². The maximum Gasteiger partial charge on any atom is 0.499 e. The molecule has 0 aromatic carbocycles. The summed E-state index contributed by atoms with van der Waals surface area (Å²) in [6.07, 6.45) is 22.6. The number of unbranched alkanes of at least 4 members (excludes halogenated alkanes) is 15. The van der Waals surface area contributed by atoms with Crippen molar-refractivity contribution in [1.82, 2.24) is 0 Å². The van der Waals surface area contributed by atoms with Gasteiger partial charge in [0.25, 0.3) is 0 Å². The summed E-state index contributed by atoms with van der Waals surface area (Å²) < 4.78 is 30.4. The lowest BCUT2D eigenvalue weighted by atomic mass is 10.0. The fourth-order valence-electron chi connectivity index (χ4n) is 5.56. The van der Waals surface area contributed by atoms with Crippen molar-refractivity contribution in [3.63, 3.8) is 0 Å². The molecule has 0 amide bonds. The maximum atomic E-state index is 6.80. The van der Waals surface area contributed by atoms with Crippen LogP contribution in [-0.2, 0) is 21.5 Å². The molecule has 0 aromatic rings. The summed E-state index contributed by atoms with van der Waals surface area (Å²) in [5, 5.41) is 0. The minimum atomic E-state index is -2.56. The first-order valence-electron chi connectivity index (χ1n) is 15.9. The van der Waals surface area contributed by atoms with Crippen LogP contribution in [0.3, 0.4) is 0 Å². The highest BCUT2D eigenvalue weighted by molar-refractivity contribution is 6.88. The summed E-state index contributed by atoms with van der Waals surface area (Å²) in [7, 11) is -3.36. The molecule has 0 unspecified atom stereocenters. The highest BCUT2D eigenvalue weighted by Gasteiger charge is 2.43. The van der Waals surface area contributed by atoms with Crippen molar-refractivity contribution in [3.8, 4) is 0 Å². The molecule has 0 aromatic heterocycles. The van der Waals surface area contributed by atoms with Crippen LogP contribution in [0.4, 0.5) is 0 Å². The molecule has 38 heavy (non-hydrogen) atoms. The summed E-state index contributed by atoms with van der Waals surface area (Å²) in [6, 6.07) is 2.98. The molecule has 0 N–H and O–H groups in total. The minimum absolute atomic E-state index is 0.792. The van der Waals surface area contributed by atoms with Crippen molar-refractivity contribution < 1.29 is 21.5 Å². The molecule has 0 aliphatic rings. The maximum absolute atomic E-state index is 6.80. The van der Waals surface area contributed by atoms with Crippen LogP contribution in [0.25, 0.3) is 0 Å². The van der Waals surface area contributed by atoms with Crippen molar-refractivity contribution in [2.24, 2.45) is 0 Å². The average Bonchev–Trinajstić information content (AvgIpc) is 2.83. The monoisotopic (exact) mass is 608 g/mol. The zero-order valence-electron chi connectivity index (χ0n) is 27.5. The van der Waals surface area contributed by atoms with E-state index in [9.17, 15) is 0 Å². The summed E-state index contributed by atoms with van der Waals surface area (Å²) >= 11 is 0. The molecule has 0 spiro atoms. The fourth-order valence-corrected chi connectivity index (χ4v) is 23.4. The van der Waals surface area contributed by atoms with Gasteiger partial charge < -0.3 is 21.5 Å². The molecule has 0 aliphatic heterocycles. The van der Waals surface area contributed by atoms with Gasteiger partial charge in [0.15, 0.2) is 16.6 Å². The van der Waals surface area contributed by atoms with Gasteiger partial charge >= 0.3 is 17.4 Å². The van der Waals surface area contributed by atoms with Crippen molar-refractivity contribution in [1.29, 1.82) is 0 Å². The molecule has 230 valence electrons. The number of rotatable bonds is 27. The molecular weight excluding hydrogens is 541 g/mol. The molecule has 0 aliphatic carbocycles. The topological polar surface area (TPSA) is 46.2 Å². The predicted octanol–water partition coefficient (Wildman–Crippen LogP) is 10.3. The number of hydrogen-bond acceptors (Lipinski definition) is 5. The Morgan fingerprint density at radius 1 is 0.395 bits per heavy atom. The molecule has 0 rings (SSSR count). The van der Waals surface area contributed by atoms with E-state index in [-0.39, 0.29) is 0 Å². The van der Waals surface area contributed by atoms with E-state index >= 15 is 0 Å². The van der Waals surface area contributed by atoms with E-state index in [2.05, 4.69) is 46.2 Å². The second kappa shape index (κ2) is 21.4. The molecule has 0 heterocycles. The molecule has 5 nitrogen and oxygen atoms in total. The molecule has 0 saturated carbocycles. The summed E-state index contributed by atoms with van der Waals surface area (Å²) in [5.74, 6) is 0. The fraction of sp³-hybridized carbons (Fsp3) is 1.00. The van der Waals surface area contributed by atoms with Crippen molar-refractivity contribution >= 4 is 34.0 Å². The molecular formula is C29H68O5Si4. The van der Waals surface area contributed by atoms with E-state index in [1.807, 2.05) is 0 Å². The van der Waals surface area contributed by atoms with Crippen molar-refractivity contribution in [3.05, 3.63) is 0 Å². The number of hydrogen-bond donors (Lipinski definition) is 0. The Morgan fingerprint density at radius 3 is 1.05 bits per heavy atom. The molecule has 0 atom stereocenters. The highest BCUT2D eigenvalue weighted by atomic mass is 28.5. The lowest BCUT2D eigenvalue weighted by Gasteiger charge is -2.39. The Bertz CT molecular complexity index is 549. The smallest absolute Gasteiger partial charge is 0.437 e. The first-order chi connectivity index (χ1) is 17.9. The van der Waals surface area contributed by atoms with Gasteiger partial charge in [-0.2, -0.15) is 0 Å². The third-order valence-electron chi connectivity index (χ3n) is 7.64. The van der Waals surface area contributed by atoms with E-state index in [4.69, 9.17) is 21.5 Å². The lowest BCUT2D eigenvalue weighted by molar-refractivity contribution is 0.125. The third-order valence-corrected chi connectivity index (χ3v) is 22.2. The third kappa shape index (κ3) is 20.5. The summed E-state index contributed by atoms with van der Waals surface area (Å²) in [6.45, 7) is 16.1. The average molecular weight is 609 g/mol. The first kappa shape index (κ1) is 38.7. The molecule has 0 fully saturated rings. The Hall–Kier alpha value is 0.668. The van der Waals surface area contributed by atoms with Crippen LogP contribution in [0.2, 0.25) is 57.4 Å². The van der Waals surface area contributed by atoms with E-state index in [0.29, 0.717) is 0 Å². The van der Waals surface area contributed by atoms with Crippen LogP contribution >= 0.6 is 0 Å². The second-order valence-electron chi connectivity index (χ2n) is 13.0. The van der Waals surface area contributed by atoms with Crippen molar-refractivity contribution in [2.45, 2.75) is 167 Å². The standard InChI is InChI=1S/C29H68O5Si4/c1-11-12-13-14-15-16-17-18-19-20-21-22-23-24-25-26-27-35(5,6)33-37(9,10)34-36(7,8)28-29-38(30-2,31-3)32-4/h11-29H2,1-10H3. The molecule has 0 saturated heterocycles. The van der Waals surface area contributed by atoms with E-state index in [1.54, 1.807) is 21.3 Å². The summed E-state index contributed by atoms with van der Waals surface area (Å²) in [5.41, 5.74) is 0. The van der Waals surface area contributed by atoms with Crippen LogP contribution in [0.15, 0.2) is 0 Å². The summed E-state index contributed by atoms with van der Waals surface area (Å²) in [4.78, 5) is 0. The lowest BCUT2D eigenvalue weighted by Crippen LogP contribution is -2.53. The van der Waals surface area contributed by atoms with Gasteiger partial charge in [0.1, 0.15) is 0 Å². The highest BCUT2D eigenvalue weighted by Crippen LogP contribution is 2.29. The van der Waals surface area contributed by atoms with Gasteiger partial charge in [-0.05, 0) is 51.4 Å². The molecule has 0 bridgehead atoms. The van der Waals surface area contributed by atoms with Crippen molar-refractivity contribution in [2.75, 3.05) is 21.3 Å². The minimum Gasteiger partial charge on any atom is -0.437 e. The normalized spacial score (nSPS) is 13.4. The van der Waals surface area contributed by atoms with Crippen LogP contribution in [0.1, 0.15) is 110 Å². The van der Waals surface area contributed by atoms with Crippen LogP contribution in [-0.4, -0.2) is 55.3 Å².